The summed E-state index contributed by atoms with van der Waals surface area (Å²) in [5.41, 5.74) is 0. The van der Waals surface area contributed by atoms with Gasteiger partial charge in [0.1, 0.15) is 0 Å². The predicted molar refractivity (Wildman–Crippen MR) is 67.1 cm³/mol. The molecule has 1 rings (SSSR count). The molecule has 0 aliphatic carbocycles. The van der Waals surface area contributed by atoms with Gasteiger partial charge in [0, 0.05) is 32.6 Å². The molecule has 0 aromatic rings. The topological polar surface area (TPSA) is 57.7 Å². The van der Waals surface area contributed by atoms with E-state index in [1.165, 1.54) is 4.31 Å². The van der Waals surface area contributed by atoms with E-state index in [2.05, 4.69) is 0 Å². The first-order valence-electron chi connectivity index (χ1n) is 6.26. The van der Waals surface area contributed by atoms with Crippen LogP contribution in [0, 0.1) is 0 Å². The Morgan fingerprint density at radius 3 is 2.12 bits per heavy atom. The fourth-order valence-electron chi connectivity index (χ4n) is 1.97. The summed E-state index contributed by atoms with van der Waals surface area (Å²) in [6.07, 6.45) is 2.03. The van der Waals surface area contributed by atoms with Gasteiger partial charge in [0.25, 0.3) is 0 Å². The maximum absolute atomic E-state index is 11.8. The van der Waals surface area contributed by atoms with E-state index in [1.807, 2.05) is 13.8 Å². The number of hydrogen-bond acceptors (Lipinski definition) is 3. The van der Waals surface area contributed by atoms with Gasteiger partial charge in [0.15, 0.2) is 0 Å². The van der Waals surface area contributed by atoms with Gasteiger partial charge in [-0.3, -0.25) is 4.79 Å². The summed E-state index contributed by atoms with van der Waals surface area (Å²) in [6, 6.07) is 0. The molecule has 5 nitrogen and oxygen atoms in total. The molecule has 1 amide bonds. The molecule has 1 aliphatic heterocycles. The molecule has 1 heterocycles. The van der Waals surface area contributed by atoms with Crippen molar-refractivity contribution in [2.24, 2.45) is 0 Å². The van der Waals surface area contributed by atoms with Crippen LogP contribution in [0.3, 0.4) is 0 Å². The molecule has 6 heteroatoms. The Kier molecular flexibility index (Phi) is 5.39. The molecule has 100 valence electrons. The zero-order valence-electron chi connectivity index (χ0n) is 10.7. The van der Waals surface area contributed by atoms with Crippen LogP contribution < -0.4 is 0 Å². The quantitative estimate of drug-likeness (QED) is 0.732. The lowest BCUT2D eigenvalue weighted by molar-refractivity contribution is -0.132. The lowest BCUT2D eigenvalue weighted by Gasteiger charge is -2.34. The van der Waals surface area contributed by atoms with Crippen LogP contribution in [0.1, 0.15) is 33.1 Å². The fraction of sp³-hybridized carbons (Fsp3) is 0.909. The molecule has 1 aliphatic rings. The lowest BCUT2D eigenvalue weighted by atomic mass is 10.2. The Labute approximate surface area is 104 Å². The van der Waals surface area contributed by atoms with Gasteiger partial charge in [-0.2, -0.15) is 4.31 Å². The highest BCUT2D eigenvalue weighted by Gasteiger charge is 2.27. The maximum atomic E-state index is 11.8. The first-order valence-corrected chi connectivity index (χ1v) is 7.87. The average Bonchev–Trinajstić information content (AvgIpc) is 2.29. The Bertz CT molecular complexity index is 346. The van der Waals surface area contributed by atoms with Gasteiger partial charge in [-0.05, 0) is 12.8 Å². The lowest BCUT2D eigenvalue weighted by Crippen LogP contribution is -2.50. The molecule has 0 aromatic heterocycles. The van der Waals surface area contributed by atoms with E-state index in [0.29, 0.717) is 39.0 Å². The minimum Gasteiger partial charge on any atom is -0.340 e. The van der Waals surface area contributed by atoms with E-state index in [0.717, 1.165) is 6.42 Å². The zero-order chi connectivity index (χ0) is 12.9. The standard InChI is InChI=1S/C11H22N2O3S/c1-3-5-11(14)12-6-8-13(9-7-12)17(15,16)10-4-2/h3-10H2,1-2H3. The highest BCUT2D eigenvalue weighted by Crippen LogP contribution is 2.10. The molecule has 0 atom stereocenters. The SMILES string of the molecule is CCCC(=O)N1CCN(S(=O)(=O)CCC)CC1. The number of amides is 1. The smallest absolute Gasteiger partial charge is 0.222 e. The number of sulfonamides is 1. The zero-order valence-corrected chi connectivity index (χ0v) is 11.5. The highest BCUT2D eigenvalue weighted by atomic mass is 32.2. The average molecular weight is 262 g/mol. The van der Waals surface area contributed by atoms with E-state index in [1.54, 1.807) is 4.90 Å². The number of rotatable bonds is 5. The van der Waals surface area contributed by atoms with Crippen molar-refractivity contribution in [1.82, 2.24) is 9.21 Å². The summed E-state index contributed by atoms with van der Waals surface area (Å²) in [5, 5.41) is 0. The first-order chi connectivity index (χ1) is 8.01. The molecule has 0 saturated carbocycles. The largest absolute Gasteiger partial charge is 0.340 e. The summed E-state index contributed by atoms with van der Waals surface area (Å²) in [6.45, 7) is 5.78. The van der Waals surface area contributed by atoms with E-state index < -0.39 is 10.0 Å². The van der Waals surface area contributed by atoms with Gasteiger partial charge >= 0.3 is 0 Å². The minimum absolute atomic E-state index is 0.139. The van der Waals surface area contributed by atoms with Crippen LogP contribution in [0.4, 0.5) is 0 Å². The second kappa shape index (κ2) is 6.35. The normalized spacial score (nSPS) is 18.4. The number of carbonyl (C=O) groups excluding carboxylic acids is 1. The molecule has 1 saturated heterocycles. The fourth-order valence-corrected chi connectivity index (χ4v) is 3.47. The summed E-state index contributed by atoms with van der Waals surface area (Å²) in [7, 11) is -3.10. The summed E-state index contributed by atoms with van der Waals surface area (Å²) in [4.78, 5) is 13.4. The summed E-state index contributed by atoms with van der Waals surface area (Å²) in [5.74, 6) is 0.343. The molecule has 0 N–H and O–H groups in total. The minimum atomic E-state index is -3.10. The van der Waals surface area contributed by atoms with Crippen molar-refractivity contribution in [2.75, 3.05) is 31.9 Å². The Morgan fingerprint density at radius 1 is 1.06 bits per heavy atom. The second-order valence-corrected chi connectivity index (χ2v) is 6.43. The van der Waals surface area contributed by atoms with Crippen LogP contribution in [0.25, 0.3) is 0 Å². The van der Waals surface area contributed by atoms with Gasteiger partial charge < -0.3 is 4.90 Å². The van der Waals surface area contributed by atoms with Crippen LogP contribution in [0.2, 0.25) is 0 Å². The third-order valence-electron chi connectivity index (χ3n) is 2.91. The highest BCUT2D eigenvalue weighted by molar-refractivity contribution is 7.89. The summed E-state index contributed by atoms with van der Waals surface area (Å²) >= 11 is 0. The summed E-state index contributed by atoms with van der Waals surface area (Å²) < 4.78 is 25.1. The molecule has 0 bridgehead atoms. The third-order valence-corrected chi connectivity index (χ3v) is 4.99. The van der Waals surface area contributed by atoms with Crippen molar-refractivity contribution in [3.05, 3.63) is 0 Å². The second-order valence-electron chi connectivity index (χ2n) is 4.35. The Morgan fingerprint density at radius 2 is 1.65 bits per heavy atom. The van der Waals surface area contributed by atoms with E-state index in [-0.39, 0.29) is 11.7 Å². The number of piperazine rings is 1. The first kappa shape index (κ1) is 14.4. The van der Waals surface area contributed by atoms with Gasteiger partial charge in [0.05, 0.1) is 5.75 Å². The molecular weight excluding hydrogens is 240 g/mol. The monoisotopic (exact) mass is 262 g/mol. The maximum Gasteiger partial charge on any atom is 0.222 e. The van der Waals surface area contributed by atoms with Crippen molar-refractivity contribution in [3.8, 4) is 0 Å². The van der Waals surface area contributed by atoms with Crippen molar-refractivity contribution in [1.29, 1.82) is 0 Å². The van der Waals surface area contributed by atoms with E-state index in [9.17, 15) is 13.2 Å². The van der Waals surface area contributed by atoms with Gasteiger partial charge in [0.2, 0.25) is 15.9 Å². The number of carbonyl (C=O) groups is 1. The van der Waals surface area contributed by atoms with E-state index in [4.69, 9.17) is 0 Å². The molecular formula is C11H22N2O3S. The molecule has 17 heavy (non-hydrogen) atoms. The van der Waals surface area contributed by atoms with Crippen LogP contribution >= 0.6 is 0 Å². The molecule has 0 unspecified atom stereocenters. The van der Waals surface area contributed by atoms with Crippen molar-refractivity contribution in [3.63, 3.8) is 0 Å². The van der Waals surface area contributed by atoms with Crippen LogP contribution in [0.5, 0.6) is 0 Å². The van der Waals surface area contributed by atoms with Crippen molar-refractivity contribution < 1.29 is 13.2 Å². The van der Waals surface area contributed by atoms with E-state index >= 15 is 0 Å². The van der Waals surface area contributed by atoms with Crippen LogP contribution in [-0.2, 0) is 14.8 Å². The van der Waals surface area contributed by atoms with Crippen molar-refractivity contribution >= 4 is 15.9 Å². The molecule has 0 spiro atoms. The third kappa shape index (κ3) is 3.96. The van der Waals surface area contributed by atoms with Gasteiger partial charge in [-0.15, -0.1) is 0 Å². The Balaban J connectivity index is 2.48. The number of nitrogens with zero attached hydrogens (tertiary/aromatic N) is 2. The molecule has 0 radical (unpaired) electrons. The van der Waals surface area contributed by atoms with Gasteiger partial charge in [-0.25, -0.2) is 8.42 Å². The van der Waals surface area contributed by atoms with Crippen LogP contribution in [0.15, 0.2) is 0 Å². The predicted octanol–water partition coefficient (Wildman–Crippen LogP) is 0.671. The van der Waals surface area contributed by atoms with Gasteiger partial charge in [-0.1, -0.05) is 13.8 Å². The molecule has 0 aromatic carbocycles. The van der Waals surface area contributed by atoms with Crippen LogP contribution in [-0.4, -0.2) is 55.5 Å². The number of hydrogen-bond donors (Lipinski definition) is 0. The Hall–Kier alpha value is -0.620. The molecule has 1 fully saturated rings. The van der Waals surface area contributed by atoms with Crippen molar-refractivity contribution in [2.45, 2.75) is 33.1 Å².